The van der Waals surface area contributed by atoms with Crippen molar-refractivity contribution in [2.45, 2.75) is 44.6 Å². The van der Waals surface area contributed by atoms with Crippen LogP contribution in [0.15, 0.2) is 48.8 Å². The number of anilines is 1. The van der Waals surface area contributed by atoms with Crippen molar-refractivity contribution in [1.29, 1.82) is 0 Å². The Labute approximate surface area is 196 Å². The van der Waals surface area contributed by atoms with Crippen LogP contribution in [-0.4, -0.2) is 16.8 Å². The van der Waals surface area contributed by atoms with E-state index in [9.17, 15) is 9.59 Å². The van der Waals surface area contributed by atoms with Gasteiger partial charge in [-0.1, -0.05) is 29.8 Å². The quantitative estimate of drug-likeness (QED) is 0.515. The molecule has 0 aliphatic heterocycles. The molecule has 0 bridgehead atoms. The summed E-state index contributed by atoms with van der Waals surface area (Å²) in [5.74, 6) is 0.00442. The molecule has 7 heteroatoms. The molecular weight excluding hydrogens is 442 g/mol. The third-order valence-electron chi connectivity index (χ3n) is 6.24. The molecule has 3 aromatic rings. The van der Waals surface area contributed by atoms with Crippen LogP contribution >= 0.6 is 22.9 Å². The van der Waals surface area contributed by atoms with Crippen molar-refractivity contribution in [3.63, 3.8) is 0 Å². The first-order valence-corrected chi connectivity index (χ1v) is 12.2. The first-order chi connectivity index (χ1) is 15.6. The minimum absolute atomic E-state index is 0.00939. The maximum atomic E-state index is 13.2. The molecule has 2 aromatic heterocycles. The molecular formula is C25H24ClN3O2S. The highest BCUT2D eigenvalue weighted by Crippen LogP contribution is 2.49. The third-order valence-corrected chi connectivity index (χ3v) is 7.70. The second kappa shape index (κ2) is 9.04. The molecule has 0 radical (unpaired) electrons. The van der Waals surface area contributed by atoms with Gasteiger partial charge in [-0.15, -0.1) is 11.3 Å². The minimum atomic E-state index is -0.131. The number of halogens is 1. The van der Waals surface area contributed by atoms with Gasteiger partial charge in [-0.25, -0.2) is 0 Å². The van der Waals surface area contributed by atoms with Crippen molar-refractivity contribution in [2.24, 2.45) is 5.92 Å². The molecule has 1 aromatic carbocycles. The number of carbonyl (C=O) groups is 2. The Morgan fingerprint density at radius 1 is 1.12 bits per heavy atom. The molecule has 164 valence electrons. The number of carbonyl (C=O) groups excluding carboxylic acids is 2. The number of nitrogens with zero attached hydrogens (tertiary/aromatic N) is 1. The Balaban J connectivity index is 1.32. The predicted molar refractivity (Wildman–Crippen MR) is 127 cm³/mol. The van der Waals surface area contributed by atoms with Crippen molar-refractivity contribution >= 4 is 39.8 Å². The maximum absolute atomic E-state index is 13.2. The first-order valence-electron chi connectivity index (χ1n) is 11.0. The molecule has 2 heterocycles. The lowest BCUT2D eigenvalue weighted by atomic mass is 9.95. The fourth-order valence-electron chi connectivity index (χ4n) is 4.44. The molecule has 1 fully saturated rings. The molecule has 2 N–H and O–H groups in total. The lowest BCUT2D eigenvalue weighted by molar-refractivity contribution is -0.117. The van der Waals surface area contributed by atoms with Crippen molar-refractivity contribution in [2.75, 3.05) is 5.32 Å². The van der Waals surface area contributed by atoms with Gasteiger partial charge in [-0.2, -0.15) is 0 Å². The summed E-state index contributed by atoms with van der Waals surface area (Å²) in [6, 6.07) is 11.5. The van der Waals surface area contributed by atoms with Gasteiger partial charge < -0.3 is 10.6 Å². The van der Waals surface area contributed by atoms with Crippen LogP contribution in [0.4, 0.5) is 5.00 Å². The molecule has 5 rings (SSSR count). The van der Waals surface area contributed by atoms with E-state index in [0.29, 0.717) is 22.1 Å². The topological polar surface area (TPSA) is 71.1 Å². The monoisotopic (exact) mass is 465 g/mol. The zero-order valence-corrected chi connectivity index (χ0v) is 19.1. The Hall–Kier alpha value is -2.70. The number of amides is 2. The summed E-state index contributed by atoms with van der Waals surface area (Å²) in [5.41, 5.74) is 3.82. The smallest absolute Gasteiger partial charge is 0.254 e. The van der Waals surface area contributed by atoms with Gasteiger partial charge in [-0.3, -0.25) is 14.6 Å². The number of aryl methyl sites for hydroxylation is 1. The zero-order chi connectivity index (χ0) is 22.1. The number of aromatic nitrogens is 1. The molecule has 2 aliphatic carbocycles. The Morgan fingerprint density at radius 2 is 1.94 bits per heavy atom. The molecule has 2 unspecified atom stereocenters. The first kappa shape index (κ1) is 21.2. The van der Waals surface area contributed by atoms with E-state index in [1.165, 1.54) is 4.88 Å². The van der Waals surface area contributed by atoms with E-state index in [4.69, 9.17) is 11.6 Å². The fraction of sp³-hybridized carbons (Fsp3) is 0.320. The highest BCUT2D eigenvalue weighted by molar-refractivity contribution is 7.17. The van der Waals surface area contributed by atoms with Crippen molar-refractivity contribution < 1.29 is 9.59 Å². The largest absolute Gasteiger partial charge is 0.348 e. The van der Waals surface area contributed by atoms with Gasteiger partial charge in [-0.05, 0) is 72.9 Å². The lowest BCUT2D eigenvalue weighted by Crippen LogP contribution is -2.26. The van der Waals surface area contributed by atoms with Crippen LogP contribution in [0.5, 0.6) is 0 Å². The summed E-state index contributed by atoms with van der Waals surface area (Å²) in [4.78, 5) is 31.5. The van der Waals surface area contributed by atoms with Crippen molar-refractivity contribution in [3.05, 3.63) is 80.9 Å². The molecule has 0 saturated heterocycles. The van der Waals surface area contributed by atoms with Gasteiger partial charge in [0.1, 0.15) is 5.00 Å². The van der Waals surface area contributed by atoms with Gasteiger partial charge in [0, 0.05) is 34.8 Å². The summed E-state index contributed by atoms with van der Waals surface area (Å²) in [6.45, 7) is 0.409. The van der Waals surface area contributed by atoms with E-state index in [1.807, 2.05) is 36.4 Å². The molecule has 1 saturated carbocycles. The van der Waals surface area contributed by atoms with Crippen LogP contribution < -0.4 is 10.6 Å². The van der Waals surface area contributed by atoms with Crippen LogP contribution in [-0.2, 0) is 24.2 Å². The second-order valence-electron chi connectivity index (χ2n) is 8.45. The summed E-state index contributed by atoms with van der Waals surface area (Å²) < 4.78 is 0. The predicted octanol–water partition coefficient (Wildman–Crippen LogP) is 5.35. The average Bonchev–Trinajstić information content (AvgIpc) is 3.53. The van der Waals surface area contributed by atoms with E-state index < -0.39 is 0 Å². The number of rotatable bonds is 6. The SMILES string of the molecule is O=C(NCc1cccnc1)c1c(NC(=O)C2CC2c2ccc(Cl)cc2)sc2c1CCCC2. The van der Waals surface area contributed by atoms with E-state index in [1.54, 1.807) is 23.7 Å². The normalized spacial score (nSPS) is 19.2. The van der Waals surface area contributed by atoms with E-state index in [2.05, 4.69) is 15.6 Å². The molecule has 2 aliphatic rings. The highest BCUT2D eigenvalue weighted by atomic mass is 35.5. The highest BCUT2D eigenvalue weighted by Gasteiger charge is 2.44. The van der Waals surface area contributed by atoms with Gasteiger partial charge in [0.05, 0.1) is 5.56 Å². The third kappa shape index (κ3) is 4.43. The van der Waals surface area contributed by atoms with Gasteiger partial charge in [0.2, 0.25) is 5.91 Å². The maximum Gasteiger partial charge on any atom is 0.254 e. The molecule has 2 atom stereocenters. The zero-order valence-electron chi connectivity index (χ0n) is 17.6. The van der Waals surface area contributed by atoms with Crippen molar-refractivity contribution in [3.8, 4) is 0 Å². The Bertz CT molecular complexity index is 1140. The van der Waals surface area contributed by atoms with Gasteiger partial charge in [0.15, 0.2) is 0 Å². The summed E-state index contributed by atoms with van der Waals surface area (Å²) in [7, 11) is 0. The molecule has 0 spiro atoms. The number of thiophene rings is 1. The van der Waals surface area contributed by atoms with Crippen LogP contribution in [0, 0.1) is 5.92 Å². The van der Waals surface area contributed by atoms with Crippen LogP contribution in [0.3, 0.4) is 0 Å². The summed E-state index contributed by atoms with van der Waals surface area (Å²) >= 11 is 7.55. The number of benzene rings is 1. The van der Waals surface area contributed by atoms with E-state index >= 15 is 0 Å². The fourth-order valence-corrected chi connectivity index (χ4v) is 5.85. The van der Waals surface area contributed by atoms with Gasteiger partial charge in [0.25, 0.3) is 5.91 Å². The standard InChI is InChI=1S/C25H24ClN3O2S/c26-17-9-7-16(8-10-17)19-12-20(19)23(30)29-25-22(18-5-1-2-6-21(18)32-25)24(31)28-14-15-4-3-11-27-13-15/h3-4,7-11,13,19-20H,1-2,5-6,12,14H2,(H,28,31)(H,29,30). The number of fused-ring (bicyclic) bond motifs is 1. The van der Waals surface area contributed by atoms with Crippen LogP contribution in [0.1, 0.15) is 57.1 Å². The molecule has 2 amide bonds. The summed E-state index contributed by atoms with van der Waals surface area (Å²) in [6.07, 6.45) is 8.32. The Kier molecular flexibility index (Phi) is 5.98. The van der Waals surface area contributed by atoms with Crippen molar-refractivity contribution in [1.82, 2.24) is 10.3 Å². The molecule has 32 heavy (non-hydrogen) atoms. The van der Waals surface area contributed by atoms with Crippen LogP contribution in [0.25, 0.3) is 0 Å². The van der Waals surface area contributed by atoms with E-state index in [0.717, 1.165) is 48.8 Å². The Morgan fingerprint density at radius 3 is 2.72 bits per heavy atom. The number of hydrogen-bond acceptors (Lipinski definition) is 4. The number of hydrogen-bond donors (Lipinski definition) is 2. The van der Waals surface area contributed by atoms with Crippen LogP contribution in [0.2, 0.25) is 5.02 Å². The minimum Gasteiger partial charge on any atom is -0.348 e. The number of nitrogens with one attached hydrogen (secondary N) is 2. The van der Waals surface area contributed by atoms with E-state index in [-0.39, 0.29) is 23.7 Å². The summed E-state index contributed by atoms with van der Waals surface area (Å²) in [5, 5.41) is 7.50. The second-order valence-corrected chi connectivity index (χ2v) is 9.99. The van der Waals surface area contributed by atoms with Gasteiger partial charge >= 0.3 is 0 Å². The lowest BCUT2D eigenvalue weighted by Gasteiger charge is -2.13. The average molecular weight is 466 g/mol. The molecule has 5 nitrogen and oxygen atoms in total. The number of pyridine rings is 1.